The van der Waals surface area contributed by atoms with Crippen LogP contribution >= 0.6 is 11.6 Å². The van der Waals surface area contributed by atoms with Crippen molar-refractivity contribution >= 4 is 17.6 Å². The molecule has 2 rings (SSSR count). The van der Waals surface area contributed by atoms with Crippen molar-refractivity contribution in [2.75, 3.05) is 7.11 Å². The summed E-state index contributed by atoms with van der Waals surface area (Å²) < 4.78 is 5.42. The molecule has 0 fully saturated rings. The minimum absolute atomic E-state index is 0.345. The zero-order chi connectivity index (χ0) is 14.0. The number of hydrogen-bond acceptors (Lipinski definition) is 5. The molecule has 0 atom stereocenters. The Hall–Kier alpha value is -2.34. The third-order valence-electron chi connectivity index (χ3n) is 2.34. The monoisotopic (exact) mass is 280 g/mol. The number of rotatable bonds is 2. The molecule has 2 aromatic rings. The predicted octanol–water partition coefficient (Wildman–Crippen LogP) is 1.38. The van der Waals surface area contributed by atoms with Gasteiger partial charge in [-0.05, 0) is 18.2 Å². The van der Waals surface area contributed by atoms with Gasteiger partial charge in [-0.15, -0.1) is 0 Å². The average molecular weight is 281 g/mol. The van der Waals surface area contributed by atoms with Gasteiger partial charge in [-0.1, -0.05) is 17.7 Å². The van der Waals surface area contributed by atoms with Crippen LogP contribution in [0.15, 0.2) is 35.1 Å². The number of carbonyl (C=O) groups is 1. The van der Waals surface area contributed by atoms with Gasteiger partial charge in [0, 0.05) is 11.1 Å². The number of nitrogens with zero attached hydrogens (tertiary/aromatic N) is 2. The predicted molar refractivity (Wildman–Crippen MR) is 67.8 cm³/mol. The van der Waals surface area contributed by atoms with Gasteiger partial charge in [0.15, 0.2) is 5.75 Å². The molecule has 1 heterocycles. The summed E-state index contributed by atoms with van der Waals surface area (Å²) in [6.45, 7) is 0. The van der Waals surface area contributed by atoms with Gasteiger partial charge in [0.2, 0.25) is 5.69 Å². The first kappa shape index (κ1) is 13.1. The molecule has 0 radical (unpaired) electrons. The molecule has 1 aromatic heterocycles. The van der Waals surface area contributed by atoms with Gasteiger partial charge in [0.1, 0.15) is 0 Å². The van der Waals surface area contributed by atoms with E-state index in [1.807, 2.05) is 0 Å². The Kier molecular flexibility index (Phi) is 3.52. The maximum Gasteiger partial charge on any atom is 0.362 e. The van der Waals surface area contributed by atoms with Gasteiger partial charge < -0.3 is 9.84 Å². The molecule has 7 heteroatoms. The molecule has 1 N–H and O–H groups in total. The van der Waals surface area contributed by atoms with E-state index >= 15 is 0 Å². The minimum atomic E-state index is -0.840. The number of methoxy groups -OCH3 is 1. The Morgan fingerprint density at radius 2 is 2.16 bits per heavy atom. The fraction of sp³-hybridized carbons (Fsp3) is 0.0833. The van der Waals surface area contributed by atoms with E-state index in [0.29, 0.717) is 10.7 Å². The van der Waals surface area contributed by atoms with Gasteiger partial charge in [-0.25, -0.2) is 4.79 Å². The quantitative estimate of drug-likeness (QED) is 0.841. The van der Waals surface area contributed by atoms with Crippen molar-refractivity contribution in [3.05, 3.63) is 51.4 Å². The molecule has 0 bridgehead atoms. The maximum atomic E-state index is 11.8. The zero-order valence-electron chi connectivity index (χ0n) is 9.83. The highest BCUT2D eigenvalue weighted by atomic mass is 35.5. The van der Waals surface area contributed by atoms with Crippen LogP contribution in [0.2, 0.25) is 5.02 Å². The third-order valence-corrected chi connectivity index (χ3v) is 2.58. The largest absolute Gasteiger partial charge is 0.505 e. The molecule has 0 aliphatic carbocycles. The van der Waals surface area contributed by atoms with Crippen molar-refractivity contribution in [3.63, 3.8) is 0 Å². The Morgan fingerprint density at radius 1 is 1.42 bits per heavy atom. The Bertz CT molecular complexity index is 696. The molecule has 98 valence electrons. The van der Waals surface area contributed by atoms with Crippen molar-refractivity contribution in [1.29, 1.82) is 0 Å². The summed E-state index contributed by atoms with van der Waals surface area (Å²) in [4.78, 5) is 23.2. The first-order valence-electron chi connectivity index (χ1n) is 5.20. The molecular formula is C12H9ClN2O4. The molecule has 0 aliphatic heterocycles. The Labute approximate surface area is 112 Å². The highest BCUT2D eigenvalue weighted by Gasteiger charge is 2.17. The van der Waals surface area contributed by atoms with Crippen molar-refractivity contribution in [3.8, 4) is 11.4 Å². The van der Waals surface area contributed by atoms with E-state index in [-0.39, 0.29) is 5.69 Å². The van der Waals surface area contributed by atoms with Crippen LogP contribution in [0.1, 0.15) is 10.5 Å². The smallest absolute Gasteiger partial charge is 0.362 e. The number of halogens is 1. The molecular weight excluding hydrogens is 272 g/mol. The number of ether oxygens (including phenoxy) is 1. The van der Waals surface area contributed by atoms with Gasteiger partial charge in [0.25, 0.3) is 5.56 Å². The molecule has 19 heavy (non-hydrogen) atoms. The van der Waals surface area contributed by atoms with E-state index in [2.05, 4.69) is 9.84 Å². The standard InChI is InChI=1S/C12H9ClN2O4/c1-19-12(18)11-9(16)6-10(17)15(14-11)8-4-2-3-7(13)5-8/h2-6,16H,1H3. The average Bonchev–Trinajstić information content (AvgIpc) is 2.38. The van der Waals surface area contributed by atoms with Gasteiger partial charge >= 0.3 is 5.97 Å². The van der Waals surface area contributed by atoms with Crippen LogP contribution in [0.3, 0.4) is 0 Å². The van der Waals surface area contributed by atoms with Crippen molar-refractivity contribution in [1.82, 2.24) is 9.78 Å². The number of aromatic hydroxyl groups is 1. The van der Waals surface area contributed by atoms with Crippen LogP contribution in [-0.2, 0) is 4.74 Å². The lowest BCUT2D eigenvalue weighted by Gasteiger charge is -2.07. The molecule has 0 saturated heterocycles. The summed E-state index contributed by atoms with van der Waals surface area (Å²) in [5, 5.41) is 13.7. The maximum absolute atomic E-state index is 11.8. The van der Waals surface area contributed by atoms with E-state index < -0.39 is 17.3 Å². The molecule has 1 aromatic carbocycles. The normalized spacial score (nSPS) is 10.2. The zero-order valence-corrected chi connectivity index (χ0v) is 10.6. The summed E-state index contributed by atoms with van der Waals surface area (Å²) in [5.74, 6) is -1.37. The van der Waals surface area contributed by atoms with Crippen molar-refractivity contribution in [2.24, 2.45) is 0 Å². The van der Waals surface area contributed by atoms with Crippen LogP contribution in [0.4, 0.5) is 0 Å². The lowest BCUT2D eigenvalue weighted by Crippen LogP contribution is -2.23. The fourth-order valence-electron chi connectivity index (χ4n) is 1.48. The SMILES string of the molecule is COC(=O)c1nn(-c2cccc(Cl)c2)c(=O)cc1O. The van der Waals surface area contributed by atoms with Crippen LogP contribution in [-0.4, -0.2) is 28.0 Å². The number of hydrogen-bond donors (Lipinski definition) is 1. The topological polar surface area (TPSA) is 81.4 Å². The van der Waals surface area contributed by atoms with E-state index in [1.165, 1.54) is 6.07 Å². The highest BCUT2D eigenvalue weighted by molar-refractivity contribution is 6.30. The molecule has 0 amide bonds. The van der Waals surface area contributed by atoms with Gasteiger partial charge in [-0.3, -0.25) is 4.79 Å². The van der Waals surface area contributed by atoms with Gasteiger partial charge in [-0.2, -0.15) is 9.78 Å². The first-order chi connectivity index (χ1) is 9.02. The molecule has 0 saturated carbocycles. The second kappa shape index (κ2) is 5.11. The summed E-state index contributed by atoms with van der Waals surface area (Å²) in [7, 11) is 1.15. The van der Waals surface area contributed by atoms with Crippen molar-refractivity contribution < 1.29 is 14.6 Å². The second-order valence-electron chi connectivity index (χ2n) is 3.60. The summed E-state index contributed by atoms with van der Waals surface area (Å²) >= 11 is 5.82. The lowest BCUT2D eigenvalue weighted by molar-refractivity contribution is 0.0588. The summed E-state index contributed by atoms with van der Waals surface area (Å²) in [6, 6.07) is 7.26. The summed E-state index contributed by atoms with van der Waals surface area (Å²) in [6.07, 6.45) is 0. The first-order valence-corrected chi connectivity index (χ1v) is 5.58. The van der Waals surface area contributed by atoms with E-state index in [9.17, 15) is 14.7 Å². The van der Waals surface area contributed by atoms with Crippen LogP contribution < -0.4 is 5.56 Å². The molecule has 0 unspecified atom stereocenters. The van der Waals surface area contributed by atoms with Crippen molar-refractivity contribution in [2.45, 2.75) is 0 Å². The van der Waals surface area contributed by atoms with Crippen LogP contribution in [0.25, 0.3) is 5.69 Å². The number of esters is 1. The minimum Gasteiger partial charge on any atom is -0.505 e. The van der Waals surface area contributed by atoms with E-state index in [1.54, 1.807) is 18.2 Å². The van der Waals surface area contributed by atoms with E-state index in [0.717, 1.165) is 17.9 Å². The van der Waals surface area contributed by atoms with Crippen LogP contribution in [0.5, 0.6) is 5.75 Å². The number of benzene rings is 1. The Balaban J connectivity index is 2.64. The van der Waals surface area contributed by atoms with Gasteiger partial charge in [0.05, 0.1) is 12.8 Å². The summed E-state index contributed by atoms with van der Waals surface area (Å²) in [5.41, 5.74) is -0.558. The number of carbonyl (C=O) groups excluding carboxylic acids is 1. The number of aromatic nitrogens is 2. The fourth-order valence-corrected chi connectivity index (χ4v) is 1.67. The highest BCUT2D eigenvalue weighted by Crippen LogP contribution is 2.16. The molecule has 0 aliphatic rings. The molecule has 6 nitrogen and oxygen atoms in total. The second-order valence-corrected chi connectivity index (χ2v) is 4.04. The third kappa shape index (κ3) is 2.58. The Morgan fingerprint density at radius 3 is 2.79 bits per heavy atom. The van der Waals surface area contributed by atoms with Crippen LogP contribution in [0, 0.1) is 0 Å². The van der Waals surface area contributed by atoms with E-state index in [4.69, 9.17) is 11.6 Å². The lowest BCUT2D eigenvalue weighted by atomic mass is 10.3. The molecule has 0 spiro atoms.